The van der Waals surface area contributed by atoms with E-state index >= 15 is 0 Å². The first-order valence-corrected chi connectivity index (χ1v) is 2.81. The molecule has 56 valence electrons. The van der Waals surface area contributed by atoms with Crippen molar-refractivity contribution in [2.75, 3.05) is 18.7 Å². The normalized spacial score (nSPS) is 10.1. The Kier molecular flexibility index (Phi) is 1.77. The fourth-order valence-corrected chi connectivity index (χ4v) is 0.657. The number of nitrogens with two attached hydrogens (primary N) is 2. The van der Waals surface area contributed by atoms with Gasteiger partial charge in [0, 0.05) is 7.11 Å². The molecule has 1 rings (SSSR count). The lowest BCUT2D eigenvalue weighted by atomic mass is 10.5. The van der Waals surface area contributed by atoms with Crippen molar-refractivity contribution in [1.82, 2.24) is 9.66 Å². The van der Waals surface area contributed by atoms with Crippen molar-refractivity contribution in [3.63, 3.8) is 0 Å². The molecule has 0 radical (unpaired) electrons. The molecule has 0 amide bonds. The second kappa shape index (κ2) is 2.57. The van der Waals surface area contributed by atoms with Crippen LogP contribution in [0, 0.1) is 0 Å². The van der Waals surface area contributed by atoms with Gasteiger partial charge in [-0.25, -0.2) is 9.66 Å². The summed E-state index contributed by atoms with van der Waals surface area (Å²) in [6, 6.07) is 0. The fraction of sp³-hybridized carbons (Fsp3) is 0.400. The van der Waals surface area contributed by atoms with Crippen LogP contribution < -0.4 is 11.6 Å². The van der Waals surface area contributed by atoms with E-state index in [9.17, 15) is 0 Å². The predicted octanol–water partition coefficient (Wildman–Crippen LogP) is -0.675. The molecule has 5 nitrogen and oxygen atoms in total. The molecule has 0 bridgehead atoms. The monoisotopic (exact) mass is 142 g/mol. The molecule has 4 N–H and O–H groups in total. The standard InChI is InChI=1S/C5H10N4O/c1-10-2-4-5(6)9(7)3-8-4/h3H,2,6-7H2,1H3. The zero-order valence-corrected chi connectivity index (χ0v) is 5.74. The van der Waals surface area contributed by atoms with E-state index in [1.54, 1.807) is 7.11 Å². The quantitative estimate of drug-likeness (QED) is 0.536. The number of anilines is 1. The number of nitrogen functional groups attached to an aromatic ring is 2. The molecule has 0 saturated heterocycles. The smallest absolute Gasteiger partial charge is 0.148 e. The van der Waals surface area contributed by atoms with Gasteiger partial charge in [-0.05, 0) is 0 Å². The van der Waals surface area contributed by atoms with E-state index in [1.165, 1.54) is 11.0 Å². The van der Waals surface area contributed by atoms with Gasteiger partial charge in [0.05, 0.1) is 6.61 Å². The summed E-state index contributed by atoms with van der Waals surface area (Å²) >= 11 is 0. The van der Waals surface area contributed by atoms with E-state index in [0.29, 0.717) is 18.1 Å². The highest BCUT2D eigenvalue weighted by atomic mass is 16.5. The van der Waals surface area contributed by atoms with Crippen molar-refractivity contribution in [2.24, 2.45) is 0 Å². The molecule has 0 atom stereocenters. The third-order valence-electron chi connectivity index (χ3n) is 1.19. The molecular weight excluding hydrogens is 132 g/mol. The summed E-state index contributed by atoms with van der Waals surface area (Å²) in [7, 11) is 1.58. The number of methoxy groups -OCH3 is 1. The highest BCUT2D eigenvalue weighted by Gasteiger charge is 2.02. The van der Waals surface area contributed by atoms with Gasteiger partial charge in [-0.1, -0.05) is 0 Å². The maximum absolute atomic E-state index is 5.48. The van der Waals surface area contributed by atoms with E-state index < -0.39 is 0 Å². The van der Waals surface area contributed by atoms with Gasteiger partial charge >= 0.3 is 0 Å². The van der Waals surface area contributed by atoms with Crippen LogP contribution in [0.2, 0.25) is 0 Å². The third kappa shape index (κ3) is 1.03. The van der Waals surface area contributed by atoms with Crippen LogP contribution in [0.15, 0.2) is 6.33 Å². The van der Waals surface area contributed by atoms with Crippen LogP contribution in [-0.2, 0) is 11.3 Å². The fourth-order valence-electron chi connectivity index (χ4n) is 0.657. The minimum Gasteiger partial charge on any atom is -0.382 e. The van der Waals surface area contributed by atoms with E-state index in [-0.39, 0.29) is 0 Å². The molecule has 0 aliphatic carbocycles. The summed E-state index contributed by atoms with van der Waals surface area (Å²) < 4.78 is 6.07. The Hall–Kier alpha value is -1.23. The van der Waals surface area contributed by atoms with E-state index in [0.717, 1.165) is 0 Å². The summed E-state index contributed by atoms with van der Waals surface area (Å²) in [5, 5.41) is 0. The summed E-state index contributed by atoms with van der Waals surface area (Å²) in [6.45, 7) is 0.399. The van der Waals surface area contributed by atoms with Gasteiger partial charge in [0.25, 0.3) is 0 Å². The summed E-state index contributed by atoms with van der Waals surface area (Å²) in [6.07, 6.45) is 1.45. The molecule has 0 spiro atoms. The number of imidazole rings is 1. The van der Waals surface area contributed by atoms with Crippen molar-refractivity contribution in [2.45, 2.75) is 6.61 Å². The molecule has 0 fully saturated rings. The Labute approximate surface area is 58.6 Å². The number of hydrogen-bond donors (Lipinski definition) is 2. The first-order chi connectivity index (χ1) is 4.75. The van der Waals surface area contributed by atoms with Crippen LogP contribution in [0.5, 0.6) is 0 Å². The zero-order chi connectivity index (χ0) is 7.56. The molecule has 1 heterocycles. The lowest BCUT2D eigenvalue weighted by Gasteiger charge is -1.96. The van der Waals surface area contributed by atoms with Crippen molar-refractivity contribution < 1.29 is 4.74 Å². The molecule has 0 aromatic carbocycles. The van der Waals surface area contributed by atoms with Gasteiger partial charge in [0.1, 0.15) is 17.8 Å². The van der Waals surface area contributed by atoms with Crippen LogP contribution >= 0.6 is 0 Å². The Bertz CT molecular complexity index is 219. The van der Waals surface area contributed by atoms with Gasteiger partial charge in [-0.15, -0.1) is 0 Å². The predicted molar refractivity (Wildman–Crippen MR) is 37.5 cm³/mol. The van der Waals surface area contributed by atoms with Crippen LogP contribution in [0.3, 0.4) is 0 Å². The van der Waals surface area contributed by atoms with E-state index in [1.807, 2.05) is 0 Å². The van der Waals surface area contributed by atoms with Gasteiger partial charge in [0.15, 0.2) is 0 Å². The summed E-state index contributed by atoms with van der Waals surface area (Å²) in [5.74, 6) is 5.79. The van der Waals surface area contributed by atoms with E-state index in [2.05, 4.69) is 4.98 Å². The second-order valence-electron chi connectivity index (χ2n) is 1.92. The maximum atomic E-state index is 5.48. The van der Waals surface area contributed by atoms with Crippen LogP contribution in [0.4, 0.5) is 5.82 Å². The molecule has 0 saturated carbocycles. The molecule has 0 unspecified atom stereocenters. The largest absolute Gasteiger partial charge is 0.382 e. The summed E-state index contributed by atoms with van der Waals surface area (Å²) in [5.41, 5.74) is 6.16. The van der Waals surface area contributed by atoms with Crippen molar-refractivity contribution >= 4 is 5.82 Å². The Morgan fingerprint density at radius 1 is 1.80 bits per heavy atom. The van der Waals surface area contributed by atoms with Crippen molar-refractivity contribution in [3.05, 3.63) is 12.0 Å². The van der Waals surface area contributed by atoms with Crippen molar-refractivity contribution in [3.8, 4) is 0 Å². The zero-order valence-electron chi connectivity index (χ0n) is 5.74. The first kappa shape index (κ1) is 6.88. The SMILES string of the molecule is COCc1ncn(N)c1N. The number of ether oxygens (including phenoxy) is 1. The molecule has 0 aliphatic rings. The van der Waals surface area contributed by atoms with Crippen LogP contribution in [0.25, 0.3) is 0 Å². The topological polar surface area (TPSA) is 79.1 Å². The number of hydrogen-bond acceptors (Lipinski definition) is 4. The lowest BCUT2D eigenvalue weighted by Crippen LogP contribution is -2.10. The molecule has 1 aromatic rings. The molecular formula is C5H10N4O. The summed E-state index contributed by atoms with van der Waals surface area (Å²) in [4.78, 5) is 3.89. The van der Waals surface area contributed by atoms with Gasteiger partial charge in [-0.3, -0.25) is 0 Å². The molecule has 10 heavy (non-hydrogen) atoms. The van der Waals surface area contributed by atoms with Gasteiger partial charge in [-0.2, -0.15) is 0 Å². The average molecular weight is 142 g/mol. The van der Waals surface area contributed by atoms with Crippen LogP contribution in [-0.4, -0.2) is 16.8 Å². The Morgan fingerprint density at radius 2 is 2.50 bits per heavy atom. The minimum absolute atomic E-state index is 0.399. The number of nitrogens with zero attached hydrogens (tertiary/aromatic N) is 2. The average Bonchev–Trinajstić information content (AvgIpc) is 2.20. The van der Waals surface area contributed by atoms with Gasteiger partial charge < -0.3 is 16.3 Å². The Balaban J connectivity index is 2.83. The Morgan fingerprint density at radius 3 is 2.90 bits per heavy atom. The minimum atomic E-state index is 0.399. The van der Waals surface area contributed by atoms with E-state index in [4.69, 9.17) is 16.3 Å². The van der Waals surface area contributed by atoms with Gasteiger partial charge in [0.2, 0.25) is 0 Å². The lowest BCUT2D eigenvalue weighted by molar-refractivity contribution is 0.182. The first-order valence-electron chi connectivity index (χ1n) is 2.81. The second-order valence-corrected chi connectivity index (χ2v) is 1.92. The maximum Gasteiger partial charge on any atom is 0.148 e. The third-order valence-corrected chi connectivity index (χ3v) is 1.19. The highest BCUT2D eigenvalue weighted by molar-refractivity contribution is 5.35. The number of rotatable bonds is 2. The molecule has 1 aromatic heterocycles. The molecule has 5 heteroatoms. The van der Waals surface area contributed by atoms with Crippen LogP contribution in [0.1, 0.15) is 5.69 Å². The number of aromatic nitrogens is 2. The van der Waals surface area contributed by atoms with Crippen molar-refractivity contribution in [1.29, 1.82) is 0 Å². The molecule has 0 aliphatic heterocycles. The highest BCUT2D eigenvalue weighted by Crippen LogP contribution is 2.06.